The molecule has 1 aliphatic heterocycles. The average Bonchev–Trinajstić information content (AvgIpc) is 3.26. The molecule has 9 unspecified atom stereocenters. The van der Waals surface area contributed by atoms with Crippen molar-refractivity contribution >= 4 is 5.91 Å². The fourth-order valence-corrected chi connectivity index (χ4v) is 7.74. The van der Waals surface area contributed by atoms with Crippen molar-refractivity contribution in [3.8, 4) is 0 Å². The molecule has 1 fully saturated rings. The first-order valence-electron chi connectivity index (χ1n) is 24.9. The van der Waals surface area contributed by atoms with Gasteiger partial charge in [0.05, 0.1) is 25.4 Å². The van der Waals surface area contributed by atoms with Crippen molar-refractivity contribution < 1.29 is 50.0 Å². The van der Waals surface area contributed by atoms with Crippen LogP contribution >= 0.6 is 0 Å². The molecule has 0 spiro atoms. The van der Waals surface area contributed by atoms with E-state index in [0.29, 0.717) is 19.3 Å². The summed E-state index contributed by atoms with van der Waals surface area (Å²) in [5.74, 6) is -0.720. The van der Waals surface area contributed by atoms with Crippen molar-refractivity contribution in [1.29, 1.82) is 0 Å². The number of rotatable bonds is 41. The SMILES string of the molecule is CCCCCCCCC/C=C\CCCCCCC(O)C(=O)NC(COC1OC(CO)C(O)C(O)C1O)C(O)C(O)CCC/C=C/CC/C=C/CCCCCCCCCCCC. The zero-order chi connectivity index (χ0) is 44.8. The number of unbranched alkanes of at least 4 members (excludes halogenated alkanes) is 23. The van der Waals surface area contributed by atoms with E-state index in [1.165, 1.54) is 109 Å². The lowest BCUT2D eigenvalue weighted by atomic mass is 9.98. The van der Waals surface area contributed by atoms with Crippen molar-refractivity contribution in [2.24, 2.45) is 0 Å². The van der Waals surface area contributed by atoms with Gasteiger partial charge >= 0.3 is 0 Å². The van der Waals surface area contributed by atoms with Crippen molar-refractivity contribution in [1.82, 2.24) is 5.32 Å². The first-order valence-corrected chi connectivity index (χ1v) is 24.9. The van der Waals surface area contributed by atoms with E-state index in [2.05, 4.69) is 55.6 Å². The highest BCUT2D eigenvalue weighted by Crippen LogP contribution is 2.23. The Balaban J connectivity index is 2.46. The number of hydrogen-bond donors (Lipinski definition) is 8. The summed E-state index contributed by atoms with van der Waals surface area (Å²) in [5, 5.41) is 75.7. The topological polar surface area (TPSA) is 189 Å². The molecule has 0 saturated carbocycles. The van der Waals surface area contributed by atoms with Crippen LogP contribution in [0.2, 0.25) is 0 Å². The Morgan fingerprint density at radius 1 is 0.557 bits per heavy atom. The van der Waals surface area contributed by atoms with Crippen LogP contribution < -0.4 is 5.32 Å². The maximum Gasteiger partial charge on any atom is 0.249 e. The number of carbonyl (C=O) groups excluding carboxylic acids is 1. The van der Waals surface area contributed by atoms with Gasteiger partial charge in [0, 0.05) is 0 Å². The van der Waals surface area contributed by atoms with Crippen LogP contribution in [0.25, 0.3) is 0 Å². The second-order valence-corrected chi connectivity index (χ2v) is 17.5. The first kappa shape index (κ1) is 57.3. The number of nitrogens with one attached hydrogen (secondary N) is 1. The number of hydrogen-bond acceptors (Lipinski definition) is 10. The summed E-state index contributed by atoms with van der Waals surface area (Å²) >= 11 is 0. The van der Waals surface area contributed by atoms with E-state index in [-0.39, 0.29) is 12.8 Å². The van der Waals surface area contributed by atoms with Crippen LogP contribution in [0, 0.1) is 0 Å². The van der Waals surface area contributed by atoms with Gasteiger partial charge in [0.25, 0.3) is 0 Å². The summed E-state index contributed by atoms with van der Waals surface area (Å²) in [7, 11) is 0. The van der Waals surface area contributed by atoms with Crippen LogP contribution in [0.4, 0.5) is 0 Å². The minimum Gasteiger partial charge on any atom is -0.394 e. The lowest BCUT2D eigenvalue weighted by Gasteiger charge is -2.40. The van der Waals surface area contributed by atoms with Crippen LogP contribution in [-0.2, 0) is 14.3 Å². The molecule has 1 aliphatic rings. The summed E-state index contributed by atoms with van der Waals surface area (Å²) in [5.41, 5.74) is 0. The molecular weight excluding hydrogens is 775 g/mol. The molecule has 358 valence electrons. The Labute approximate surface area is 371 Å². The zero-order valence-corrected chi connectivity index (χ0v) is 38.6. The van der Waals surface area contributed by atoms with E-state index in [1.54, 1.807) is 0 Å². The molecule has 0 aliphatic carbocycles. The van der Waals surface area contributed by atoms with Crippen LogP contribution in [0.3, 0.4) is 0 Å². The lowest BCUT2D eigenvalue weighted by molar-refractivity contribution is -0.303. The molecule has 0 aromatic heterocycles. The molecule has 1 heterocycles. The van der Waals surface area contributed by atoms with Crippen LogP contribution in [0.5, 0.6) is 0 Å². The molecule has 0 aromatic carbocycles. The van der Waals surface area contributed by atoms with Gasteiger partial charge in [-0.3, -0.25) is 4.79 Å². The average molecular weight is 868 g/mol. The number of allylic oxidation sites excluding steroid dienone is 6. The molecule has 1 saturated heterocycles. The largest absolute Gasteiger partial charge is 0.394 e. The Bertz CT molecular complexity index is 1090. The number of amides is 1. The molecule has 9 atom stereocenters. The van der Waals surface area contributed by atoms with Crippen molar-refractivity contribution in [2.75, 3.05) is 13.2 Å². The Morgan fingerprint density at radius 2 is 0.984 bits per heavy atom. The number of aliphatic hydroxyl groups excluding tert-OH is 7. The Hall–Kier alpha value is -1.67. The zero-order valence-electron chi connectivity index (χ0n) is 38.6. The molecular formula is C50H93NO10. The highest BCUT2D eigenvalue weighted by molar-refractivity contribution is 5.80. The van der Waals surface area contributed by atoms with Gasteiger partial charge < -0.3 is 50.5 Å². The van der Waals surface area contributed by atoms with Crippen molar-refractivity contribution in [3.05, 3.63) is 36.5 Å². The van der Waals surface area contributed by atoms with Gasteiger partial charge in [-0.15, -0.1) is 0 Å². The number of aliphatic hydroxyl groups is 7. The molecule has 61 heavy (non-hydrogen) atoms. The second kappa shape index (κ2) is 39.9. The summed E-state index contributed by atoms with van der Waals surface area (Å²) in [6.45, 7) is 3.41. The third kappa shape index (κ3) is 29.4. The molecule has 0 bridgehead atoms. The maximum atomic E-state index is 13.1. The van der Waals surface area contributed by atoms with E-state index in [4.69, 9.17) is 9.47 Å². The Kier molecular flexibility index (Phi) is 37.5. The minimum atomic E-state index is -1.67. The highest BCUT2D eigenvalue weighted by atomic mass is 16.7. The third-order valence-electron chi connectivity index (χ3n) is 11.9. The van der Waals surface area contributed by atoms with Gasteiger partial charge in [-0.05, 0) is 77.0 Å². The fourth-order valence-electron chi connectivity index (χ4n) is 7.74. The Morgan fingerprint density at radius 3 is 1.46 bits per heavy atom. The van der Waals surface area contributed by atoms with Gasteiger partial charge in [-0.1, -0.05) is 166 Å². The monoisotopic (exact) mass is 868 g/mol. The minimum absolute atomic E-state index is 0.236. The quantitative estimate of drug-likeness (QED) is 0.0218. The van der Waals surface area contributed by atoms with Crippen molar-refractivity contribution in [2.45, 2.75) is 262 Å². The molecule has 0 radical (unpaired) electrons. The van der Waals surface area contributed by atoms with E-state index in [9.17, 15) is 40.5 Å². The van der Waals surface area contributed by atoms with Gasteiger partial charge in [-0.2, -0.15) is 0 Å². The predicted octanol–water partition coefficient (Wildman–Crippen LogP) is 8.78. The smallest absolute Gasteiger partial charge is 0.249 e. The normalized spacial score (nSPS) is 21.8. The number of carbonyl (C=O) groups is 1. The number of ether oxygens (including phenoxy) is 2. The molecule has 1 rings (SSSR count). The summed E-state index contributed by atoms with van der Waals surface area (Å²) < 4.78 is 11.1. The summed E-state index contributed by atoms with van der Waals surface area (Å²) in [4.78, 5) is 13.1. The van der Waals surface area contributed by atoms with Crippen LogP contribution in [-0.4, -0.2) is 110 Å². The second-order valence-electron chi connectivity index (χ2n) is 17.5. The fraction of sp³-hybridized carbons (Fsp3) is 0.860. The van der Waals surface area contributed by atoms with E-state index < -0.39 is 74.2 Å². The summed E-state index contributed by atoms with van der Waals surface area (Å²) in [6, 6.07) is -1.19. The molecule has 11 heteroatoms. The molecule has 0 aromatic rings. The predicted molar refractivity (Wildman–Crippen MR) is 247 cm³/mol. The van der Waals surface area contributed by atoms with Gasteiger partial charge in [0.2, 0.25) is 5.91 Å². The standard InChI is InChI=1S/C50H93NO10/c1-3-5-7-9-11-13-15-17-19-20-21-22-24-25-27-29-31-33-35-37-42(53)45(55)41(40-60-50-48(58)47(57)46(56)44(39-52)61-50)51-49(59)43(54)38-36-34-32-30-28-26-23-18-16-14-12-10-8-6-4-2/h22-24,26,29,31,41-48,50,52-58H,3-21,25,27-28,30,32-40H2,1-2H3,(H,51,59)/b24-22+,26-23-,31-29+. The van der Waals surface area contributed by atoms with Gasteiger partial charge in [0.1, 0.15) is 36.6 Å². The van der Waals surface area contributed by atoms with E-state index in [1.807, 2.05) is 0 Å². The molecule has 1 amide bonds. The maximum absolute atomic E-state index is 13.1. The molecule has 8 N–H and O–H groups in total. The van der Waals surface area contributed by atoms with Crippen molar-refractivity contribution in [3.63, 3.8) is 0 Å². The lowest BCUT2D eigenvalue weighted by Crippen LogP contribution is -2.60. The van der Waals surface area contributed by atoms with E-state index >= 15 is 0 Å². The van der Waals surface area contributed by atoms with Gasteiger partial charge in [-0.25, -0.2) is 0 Å². The highest BCUT2D eigenvalue weighted by Gasteiger charge is 2.44. The van der Waals surface area contributed by atoms with Gasteiger partial charge in [0.15, 0.2) is 6.29 Å². The third-order valence-corrected chi connectivity index (χ3v) is 11.9. The molecule has 11 nitrogen and oxygen atoms in total. The van der Waals surface area contributed by atoms with Crippen LogP contribution in [0.15, 0.2) is 36.5 Å². The summed E-state index contributed by atoms with van der Waals surface area (Å²) in [6.07, 6.45) is 34.8. The van der Waals surface area contributed by atoms with Crippen LogP contribution in [0.1, 0.15) is 206 Å². The first-order chi connectivity index (χ1) is 29.7. The van der Waals surface area contributed by atoms with E-state index in [0.717, 1.165) is 51.4 Å².